The summed E-state index contributed by atoms with van der Waals surface area (Å²) < 4.78 is 0. The van der Waals surface area contributed by atoms with Gasteiger partial charge in [-0.15, -0.1) is 10.2 Å². The SMILES string of the molecule is Clc1cccc(-c2nnn(Cc3cccnc3)n2)c1Cl. The summed E-state index contributed by atoms with van der Waals surface area (Å²) in [6.07, 6.45) is 3.48. The molecular weight excluding hydrogens is 297 g/mol. The lowest BCUT2D eigenvalue weighted by atomic mass is 10.2. The molecule has 5 nitrogen and oxygen atoms in total. The van der Waals surface area contributed by atoms with Gasteiger partial charge in [-0.2, -0.15) is 4.80 Å². The fourth-order valence-electron chi connectivity index (χ4n) is 1.75. The number of aromatic nitrogens is 5. The molecule has 2 heterocycles. The molecule has 0 amide bonds. The Bertz CT molecular complexity index is 727. The molecule has 0 saturated carbocycles. The van der Waals surface area contributed by atoms with E-state index in [-0.39, 0.29) is 0 Å². The van der Waals surface area contributed by atoms with Crippen molar-refractivity contribution in [2.75, 3.05) is 0 Å². The Kier molecular flexibility index (Phi) is 3.62. The van der Waals surface area contributed by atoms with Gasteiger partial charge in [-0.3, -0.25) is 4.98 Å². The molecule has 3 rings (SSSR count). The van der Waals surface area contributed by atoms with Gasteiger partial charge in [0.05, 0.1) is 16.6 Å². The van der Waals surface area contributed by atoms with E-state index in [1.165, 1.54) is 4.80 Å². The second-order valence-electron chi connectivity index (χ2n) is 4.11. The van der Waals surface area contributed by atoms with Crippen LogP contribution in [0.3, 0.4) is 0 Å². The minimum absolute atomic E-state index is 0.426. The number of halogens is 2. The van der Waals surface area contributed by atoms with Crippen molar-refractivity contribution in [2.45, 2.75) is 6.54 Å². The van der Waals surface area contributed by atoms with Crippen LogP contribution in [0.25, 0.3) is 11.4 Å². The van der Waals surface area contributed by atoms with Crippen LogP contribution >= 0.6 is 23.2 Å². The third-order valence-electron chi connectivity index (χ3n) is 2.69. The summed E-state index contributed by atoms with van der Waals surface area (Å²) in [6, 6.07) is 9.13. The lowest BCUT2D eigenvalue weighted by Crippen LogP contribution is -2.04. The van der Waals surface area contributed by atoms with Crippen molar-refractivity contribution in [1.29, 1.82) is 0 Å². The Morgan fingerprint density at radius 1 is 1.10 bits per heavy atom. The summed E-state index contributed by atoms with van der Waals surface area (Å²) in [5, 5.41) is 13.2. The first-order valence-corrected chi connectivity index (χ1v) is 6.61. The molecule has 1 aromatic carbocycles. The normalized spacial score (nSPS) is 10.7. The summed E-state index contributed by atoms with van der Waals surface area (Å²) in [4.78, 5) is 5.53. The van der Waals surface area contributed by atoms with E-state index in [9.17, 15) is 0 Å². The van der Waals surface area contributed by atoms with E-state index >= 15 is 0 Å². The Morgan fingerprint density at radius 2 is 2.00 bits per heavy atom. The highest BCUT2D eigenvalue weighted by Gasteiger charge is 2.12. The van der Waals surface area contributed by atoms with Gasteiger partial charge in [-0.25, -0.2) is 0 Å². The predicted octanol–water partition coefficient (Wildman–Crippen LogP) is 3.09. The molecule has 0 aliphatic heterocycles. The van der Waals surface area contributed by atoms with Crippen molar-refractivity contribution < 1.29 is 0 Å². The Balaban J connectivity index is 1.89. The quantitative estimate of drug-likeness (QED) is 0.746. The molecule has 7 heteroatoms. The van der Waals surface area contributed by atoms with Crippen LogP contribution in [0.5, 0.6) is 0 Å². The van der Waals surface area contributed by atoms with Crippen molar-refractivity contribution in [1.82, 2.24) is 25.2 Å². The average molecular weight is 306 g/mol. The Labute approximate surface area is 125 Å². The molecular formula is C13H9Cl2N5. The molecule has 0 N–H and O–H groups in total. The van der Waals surface area contributed by atoms with Crippen LogP contribution < -0.4 is 0 Å². The van der Waals surface area contributed by atoms with E-state index in [1.54, 1.807) is 30.6 Å². The van der Waals surface area contributed by atoms with Crippen LogP contribution in [0.4, 0.5) is 0 Å². The monoisotopic (exact) mass is 305 g/mol. The largest absolute Gasteiger partial charge is 0.264 e. The van der Waals surface area contributed by atoms with Crippen LogP contribution in [-0.4, -0.2) is 25.2 Å². The highest BCUT2D eigenvalue weighted by atomic mass is 35.5. The van der Waals surface area contributed by atoms with Crippen molar-refractivity contribution >= 4 is 23.2 Å². The minimum atomic E-state index is 0.426. The van der Waals surface area contributed by atoms with Gasteiger partial charge in [0.25, 0.3) is 0 Å². The predicted molar refractivity (Wildman–Crippen MR) is 76.6 cm³/mol. The second kappa shape index (κ2) is 5.56. The molecule has 2 aromatic heterocycles. The number of benzene rings is 1. The topological polar surface area (TPSA) is 56.5 Å². The number of nitrogens with zero attached hydrogens (tertiary/aromatic N) is 5. The maximum absolute atomic E-state index is 6.14. The minimum Gasteiger partial charge on any atom is -0.264 e. The highest BCUT2D eigenvalue weighted by molar-refractivity contribution is 6.43. The summed E-state index contributed by atoms with van der Waals surface area (Å²) >= 11 is 12.1. The second-order valence-corrected chi connectivity index (χ2v) is 4.89. The third-order valence-corrected chi connectivity index (χ3v) is 3.51. The summed E-state index contributed by atoms with van der Waals surface area (Å²) in [6.45, 7) is 0.499. The van der Waals surface area contributed by atoms with Gasteiger partial charge in [-0.1, -0.05) is 35.3 Å². The number of rotatable bonds is 3. The average Bonchev–Trinajstić information content (AvgIpc) is 2.91. The molecule has 100 valence electrons. The summed E-state index contributed by atoms with van der Waals surface area (Å²) in [7, 11) is 0. The Hall–Kier alpha value is -1.98. The molecule has 0 bridgehead atoms. The van der Waals surface area contributed by atoms with Gasteiger partial charge in [0.1, 0.15) is 0 Å². The van der Waals surface area contributed by atoms with Gasteiger partial charge in [0, 0.05) is 18.0 Å². The van der Waals surface area contributed by atoms with E-state index in [4.69, 9.17) is 23.2 Å². The maximum atomic E-state index is 6.14. The van der Waals surface area contributed by atoms with E-state index in [0.717, 1.165) is 5.56 Å². The van der Waals surface area contributed by atoms with E-state index in [1.807, 2.05) is 12.1 Å². The van der Waals surface area contributed by atoms with Crippen LogP contribution in [0.2, 0.25) is 10.0 Å². The molecule has 0 unspecified atom stereocenters. The number of hydrogen-bond acceptors (Lipinski definition) is 4. The fourth-order valence-corrected chi connectivity index (χ4v) is 2.13. The molecule has 0 spiro atoms. The van der Waals surface area contributed by atoms with Crippen molar-refractivity contribution in [3.05, 3.63) is 58.3 Å². The van der Waals surface area contributed by atoms with Crippen LogP contribution in [0.15, 0.2) is 42.7 Å². The van der Waals surface area contributed by atoms with Crippen LogP contribution in [0.1, 0.15) is 5.56 Å². The fraction of sp³-hybridized carbons (Fsp3) is 0.0769. The Morgan fingerprint density at radius 3 is 2.80 bits per heavy atom. The zero-order chi connectivity index (χ0) is 13.9. The number of hydrogen-bond donors (Lipinski definition) is 0. The first kappa shape index (κ1) is 13.0. The smallest absolute Gasteiger partial charge is 0.206 e. The molecule has 3 aromatic rings. The van der Waals surface area contributed by atoms with Crippen molar-refractivity contribution in [3.63, 3.8) is 0 Å². The highest BCUT2D eigenvalue weighted by Crippen LogP contribution is 2.31. The molecule has 0 aliphatic rings. The molecule has 0 radical (unpaired) electrons. The van der Waals surface area contributed by atoms with Gasteiger partial charge in [-0.05, 0) is 29.0 Å². The number of pyridine rings is 1. The van der Waals surface area contributed by atoms with Gasteiger partial charge in [0.15, 0.2) is 0 Å². The van der Waals surface area contributed by atoms with Gasteiger partial charge >= 0.3 is 0 Å². The van der Waals surface area contributed by atoms with Crippen molar-refractivity contribution in [3.8, 4) is 11.4 Å². The standard InChI is InChI=1S/C13H9Cl2N5/c14-11-5-1-4-10(12(11)15)13-17-19-20(18-13)8-9-3-2-6-16-7-9/h1-7H,8H2. The van der Waals surface area contributed by atoms with Gasteiger partial charge in [0.2, 0.25) is 5.82 Å². The molecule has 0 saturated heterocycles. The van der Waals surface area contributed by atoms with E-state index in [0.29, 0.717) is 28.0 Å². The summed E-state index contributed by atoms with van der Waals surface area (Å²) in [5.74, 6) is 0.446. The lowest BCUT2D eigenvalue weighted by Gasteiger charge is -2.00. The van der Waals surface area contributed by atoms with Crippen LogP contribution in [-0.2, 0) is 6.54 Å². The first-order valence-electron chi connectivity index (χ1n) is 5.85. The van der Waals surface area contributed by atoms with E-state index < -0.39 is 0 Å². The van der Waals surface area contributed by atoms with Crippen LogP contribution in [0, 0.1) is 0 Å². The molecule has 0 aliphatic carbocycles. The zero-order valence-corrected chi connectivity index (χ0v) is 11.8. The summed E-state index contributed by atoms with van der Waals surface area (Å²) in [5.41, 5.74) is 1.66. The lowest BCUT2D eigenvalue weighted by molar-refractivity contribution is 0.572. The third kappa shape index (κ3) is 2.64. The van der Waals surface area contributed by atoms with E-state index in [2.05, 4.69) is 20.4 Å². The zero-order valence-electron chi connectivity index (χ0n) is 10.2. The first-order chi connectivity index (χ1) is 9.74. The maximum Gasteiger partial charge on any atom is 0.206 e. The van der Waals surface area contributed by atoms with Gasteiger partial charge < -0.3 is 0 Å². The molecule has 0 fully saturated rings. The molecule has 20 heavy (non-hydrogen) atoms. The molecule has 0 atom stereocenters. The number of tetrazole rings is 1. The van der Waals surface area contributed by atoms with Crippen molar-refractivity contribution in [2.24, 2.45) is 0 Å².